The second kappa shape index (κ2) is 7.85. The fourth-order valence-corrected chi connectivity index (χ4v) is 3.19. The molecule has 0 radical (unpaired) electrons. The summed E-state index contributed by atoms with van der Waals surface area (Å²) in [6.45, 7) is 3.54. The Morgan fingerprint density at radius 3 is 2.48 bits per heavy atom. The fraction of sp³-hybridized carbons (Fsp3) is 0.368. The van der Waals surface area contributed by atoms with Gasteiger partial charge in [0.2, 0.25) is 0 Å². The van der Waals surface area contributed by atoms with Crippen LogP contribution in [0, 0.1) is 0 Å². The van der Waals surface area contributed by atoms with Crippen LogP contribution in [0.4, 0.5) is 13.2 Å². The van der Waals surface area contributed by atoms with Crippen LogP contribution in [0.5, 0.6) is 0 Å². The Hall–Kier alpha value is -2.77. The summed E-state index contributed by atoms with van der Waals surface area (Å²) < 4.78 is 49.3. The zero-order valence-electron chi connectivity index (χ0n) is 15.4. The van der Waals surface area contributed by atoms with Crippen LogP contribution in [0.1, 0.15) is 30.9 Å². The standard InChI is InChI=1S/C19H20F3NO4/c1-11-15(9-27-10-24)17(16(18(25)26-4)12(2)23(11)3)13-6-5-7-14(8-13)19(20,21)22/h5-8,10,17H,9H2,1-4H3. The average molecular weight is 383 g/mol. The van der Waals surface area contributed by atoms with Crippen molar-refractivity contribution in [1.82, 2.24) is 4.90 Å². The summed E-state index contributed by atoms with van der Waals surface area (Å²) in [6.07, 6.45) is -4.52. The van der Waals surface area contributed by atoms with Crippen molar-refractivity contribution in [2.75, 3.05) is 20.8 Å². The van der Waals surface area contributed by atoms with Crippen LogP contribution in [0.15, 0.2) is 46.8 Å². The monoisotopic (exact) mass is 383 g/mol. The summed E-state index contributed by atoms with van der Waals surface area (Å²) >= 11 is 0. The highest BCUT2D eigenvalue weighted by atomic mass is 19.4. The average Bonchev–Trinajstić information content (AvgIpc) is 2.64. The third-order valence-electron chi connectivity index (χ3n) is 4.76. The van der Waals surface area contributed by atoms with Crippen molar-refractivity contribution in [1.29, 1.82) is 0 Å². The zero-order chi connectivity index (χ0) is 20.4. The lowest BCUT2D eigenvalue weighted by atomic mass is 9.79. The second-order valence-electron chi connectivity index (χ2n) is 6.12. The van der Waals surface area contributed by atoms with Gasteiger partial charge in [-0.2, -0.15) is 13.2 Å². The predicted molar refractivity (Wildman–Crippen MR) is 91.4 cm³/mol. The highest BCUT2D eigenvalue weighted by Crippen LogP contribution is 2.43. The highest BCUT2D eigenvalue weighted by Gasteiger charge is 2.37. The number of esters is 1. The van der Waals surface area contributed by atoms with E-state index in [0.717, 1.165) is 12.1 Å². The molecule has 27 heavy (non-hydrogen) atoms. The number of hydrogen-bond acceptors (Lipinski definition) is 5. The first-order valence-electron chi connectivity index (χ1n) is 8.08. The largest absolute Gasteiger partial charge is 0.466 e. The third kappa shape index (κ3) is 3.99. The number of nitrogens with zero attached hydrogens (tertiary/aromatic N) is 1. The van der Waals surface area contributed by atoms with Crippen molar-refractivity contribution in [2.24, 2.45) is 0 Å². The van der Waals surface area contributed by atoms with Crippen molar-refractivity contribution < 1.29 is 32.2 Å². The van der Waals surface area contributed by atoms with Crippen molar-refractivity contribution >= 4 is 12.4 Å². The summed E-state index contributed by atoms with van der Waals surface area (Å²) in [5.74, 6) is -1.48. The van der Waals surface area contributed by atoms with Crippen LogP contribution in [-0.2, 0) is 25.2 Å². The first-order chi connectivity index (χ1) is 12.6. The van der Waals surface area contributed by atoms with E-state index in [1.165, 1.54) is 19.2 Å². The Kier molecular flexibility index (Phi) is 5.98. The number of benzene rings is 1. The summed E-state index contributed by atoms with van der Waals surface area (Å²) in [5, 5.41) is 0. The molecule has 0 spiro atoms. The van der Waals surface area contributed by atoms with Crippen LogP contribution >= 0.6 is 0 Å². The van der Waals surface area contributed by atoms with E-state index >= 15 is 0 Å². The highest BCUT2D eigenvalue weighted by molar-refractivity contribution is 5.92. The molecular weight excluding hydrogens is 363 g/mol. The van der Waals surface area contributed by atoms with Crippen LogP contribution in [-0.4, -0.2) is 38.1 Å². The molecule has 1 aliphatic heterocycles. The number of ether oxygens (including phenoxy) is 2. The Balaban J connectivity index is 2.71. The topological polar surface area (TPSA) is 55.8 Å². The number of hydrogen-bond donors (Lipinski definition) is 0. The molecule has 0 bridgehead atoms. The van der Waals surface area contributed by atoms with Crippen LogP contribution in [0.3, 0.4) is 0 Å². The van der Waals surface area contributed by atoms with Gasteiger partial charge in [-0.05, 0) is 31.1 Å². The maximum Gasteiger partial charge on any atom is 0.416 e. The van der Waals surface area contributed by atoms with Gasteiger partial charge in [-0.25, -0.2) is 4.79 Å². The predicted octanol–water partition coefficient (Wildman–Crippen LogP) is 3.63. The maximum atomic E-state index is 13.2. The molecule has 8 heteroatoms. The van der Waals surface area contributed by atoms with Gasteiger partial charge in [0.25, 0.3) is 6.47 Å². The minimum Gasteiger partial charge on any atom is -0.466 e. The molecule has 1 aliphatic rings. The Bertz CT molecular complexity index is 811. The first kappa shape index (κ1) is 20.5. The van der Waals surface area contributed by atoms with Crippen LogP contribution < -0.4 is 0 Å². The van der Waals surface area contributed by atoms with Gasteiger partial charge in [0.1, 0.15) is 6.61 Å². The van der Waals surface area contributed by atoms with Gasteiger partial charge in [0, 0.05) is 24.4 Å². The molecule has 0 N–H and O–H groups in total. The van der Waals surface area contributed by atoms with E-state index in [2.05, 4.69) is 0 Å². The van der Waals surface area contributed by atoms with Gasteiger partial charge in [0.05, 0.1) is 18.2 Å². The number of rotatable bonds is 5. The van der Waals surface area contributed by atoms with E-state index in [9.17, 15) is 22.8 Å². The Morgan fingerprint density at radius 1 is 1.26 bits per heavy atom. The second-order valence-corrected chi connectivity index (χ2v) is 6.12. The Morgan fingerprint density at radius 2 is 1.93 bits per heavy atom. The maximum absolute atomic E-state index is 13.2. The van der Waals surface area contributed by atoms with Gasteiger partial charge >= 0.3 is 12.1 Å². The van der Waals surface area contributed by atoms with E-state index in [4.69, 9.17) is 9.47 Å². The molecule has 1 aromatic carbocycles. The van der Waals surface area contributed by atoms with E-state index < -0.39 is 23.6 Å². The van der Waals surface area contributed by atoms with Crippen molar-refractivity contribution in [3.05, 3.63) is 57.9 Å². The number of alkyl halides is 3. The van der Waals surface area contributed by atoms with Crippen molar-refractivity contribution in [3.8, 4) is 0 Å². The molecule has 0 aromatic heterocycles. The van der Waals surface area contributed by atoms with Gasteiger partial charge in [-0.3, -0.25) is 4.79 Å². The third-order valence-corrected chi connectivity index (χ3v) is 4.76. The molecule has 0 saturated heterocycles. The lowest BCUT2D eigenvalue weighted by Crippen LogP contribution is -2.31. The number of allylic oxidation sites excluding steroid dienone is 2. The van der Waals surface area contributed by atoms with Gasteiger partial charge < -0.3 is 14.4 Å². The minimum atomic E-state index is -4.52. The van der Waals surface area contributed by atoms with Crippen LogP contribution in [0.25, 0.3) is 0 Å². The molecule has 146 valence electrons. The zero-order valence-corrected chi connectivity index (χ0v) is 15.4. The number of carbonyl (C=O) groups is 2. The summed E-state index contributed by atoms with van der Waals surface area (Å²) in [5.41, 5.74) is 1.39. The molecular formula is C19H20F3NO4. The molecule has 1 unspecified atom stereocenters. The normalized spacial score (nSPS) is 17.9. The van der Waals surface area contributed by atoms with Crippen molar-refractivity contribution in [3.63, 3.8) is 0 Å². The SMILES string of the molecule is COC(=O)C1=C(C)N(C)C(C)=C(COC=O)C1c1cccc(C(F)(F)F)c1. The van der Waals surface area contributed by atoms with E-state index in [1.54, 1.807) is 25.8 Å². The van der Waals surface area contributed by atoms with Crippen molar-refractivity contribution in [2.45, 2.75) is 25.9 Å². The lowest BCUT2D eigenvalue weighted by Gasteiger charge is -2.36. The molecule has 0 amide bonds. The van der Waals surface area contributed by atoms with Gasteiger partial charge in [0.15, 0.2) is 0 Å². The molecule has 0 saturated carbocycles. The number of halogens is 3. The van der Waals surface area contributed by atoms with E-state index in [1.807, 2.05) is 0 Å². The minimum absolute atomic E-state index is 0.158. The number of carbonyl (C=O) groups excluding carboxylic acids is 2. The first-order valence-corrected chi connectivity index (χ1v) is 8.08. The van der Waals surface area contributed by atoms with Gasteiger partial charge in [-0.15, -0.1) is 0 Å². The molecule has 0 fully saturated rings. The Labute approximate surface area is 155 Å². The smallest absolute Gasteiger partial charge is 0.416 e. The molecule has 1 atom stereocenters. The summed E-state index contributed by atoms with van der Waals surface area (Å²) in [7, 11) is 2.93. The quantitative estimate of drug-likeness (QED) is 0.574. The molecule has 0 aliphatic carbocycles. The van der Waals surface area contributed by atoms with E-state index in [-0.39, 0.29) is 24.2 Å². The lowest BCUT2D eigenvalue weighted by molar-refractivity contribution is -0.137. The molecule has 1 heterocycles. The van der Waals surface area contributed by atoms with E-state index in [0.29, 0.717) is 17.0 Å². The summed E-state index contributed by atoms with van der Waals surface area (Å²) in [6, 6.07) is 4.76. The van der Waals surface area contributed by atoms with Gasteiger partial charge in [-0.1, -0.05) is 18.2 Å². The number of methoxy groups -OCH3 is 1. The fourth-order valence-electron chi connectivity index (χ4n) is 3.19. The summed E-state index contributed by atoms with van der Waals surface area (Å²) in [4.78, 5) is 24.9. The molecule has 2 rings (SSSR count). The molecule has 1 aromatic rings. The molecule has 5 nitrogen and oxygen atoms in total. The van der Waals surface area contributed by atoms with Crippen LogP contribution in [0.2, 0.25) is 0 Å².